The normalized spacial score (nSPS) is 28.0. The van der Waals surface area contributed by atoms with E-state index >= 15 is 0 Å². The molecule has 1 heterocycles. The van der Waals surface area contributed by atoms with Crippen LogP contribution in [-0.2, 0) is 25.6 Å². The average molecular weight is 498 g/mol. The number of likely N-dealkylation sites (tertiary alicyclic amines) is 1. The maximum atomic E-state index is 13.5. The molecule has 3 atom stereocenters. The monoisotopic (exact) mass is 497 g/mol. The van der Waals surface area contributed by atoms with Crippen molar-refractivity contribution in [3.05, 3.63) is 40.2 Å². The van der Waals surface area contributed by atoms with E-state index < -0.39 is 57.8 Å². The van der Waals surface area contributed by atoms with Crippen LogP contribution in [0.1, 0.15) is 36.8 Å². The van der Waals surface area contributed by atoms with Crippen molar-refractivity contribution in [3.63, 3.8) is 0 Å². The van der Waals surface area contributed by atoms with E-state index in [4.69, 9.17) is 5.73 Å². The zero-order chi connectivity index (χ0) is 25.9. The predicted octanol–water partition coefficient (Wildman–Crippen LogP) is 0.458. The molecule has 4 aliphatic rings. The van der Waals surface area contributed by atoms with Crippen molar-refractivity contribution in [2.24, 2.45) is 17.6 Å². The summed E-state index contributed by atoms with van der Waals surface area (Å²) in [6.45, 7) is 1.79. The highest BCUT2D eigenvalue weighted by molar-refractivity contribution is 6.22. The van der Waals surface area contributed by atoms with Crippen LogP contribution in [0.4, 0.5) is 5.69 Å². The van der Waals surface area contributed by atoms with Gasteiger partial charge in [-0.25, -0.2) is 0 Å². The first-order chi connectivity index (χ1) is 17.0. The third-order valence-corrected chi connectivity index (χ3v) is 7.78. The van der Waals surface area contributed by atoms with Crippen molar-refractivity contribution in [1.82, 2.24) is 4.90 Å². The molecule has 5 rings (SSSR count). The van der Waals surface area contributed by atoms with Crippen LogP contribution in [0.25, 0.3) is 5.76 Å². The second-order valence-corrected chi connectivity index (χ2v) is 9.93. The van der Waals surface area contributed by atoms with E-state index in [1.54, 1.807) is 6.07 Å². The van der Waals surface area contributed by atoms with Crippen LogP contribution in [0.3, 0.4) is 0 Å². The Hall–Kier alpha value is -3.70. The van der Waals surface area contributed by atoms with E-state index in [0.717, 1.165) is 25.9 Å². The van der Waals surface area contributed by atoms with Crippen molar-refractivity contribution in [1.29, 1.82) is 0 Å². The van der Waals surface area contributed by atoms with Crippen LogP contribution < -0.4 is 11.1 Å². The molecule has 11 nitrogen and oxygen atoms in total. The van der Waals surface area contributed by atoms with Gasteiger partial charge in [-0.1, -0.05) is 6.07 Å². The number of carbonyl (C=O) groups is 4. The summed E-state index contributed by atoms with van der Waals surface area (Å²) in [6, 6.07) is 3.15. The molecular formula is C25H27N3O8. The fourth-order valence-corrected chi connectivity index (χ4v) is 6.03. The number of phenolic OH excluding ortho intramolecular Hbond substituents is 1. The van der Waals surface area contributed by atoms with Gasteiger partial charge in [0.1, 0.15) is 22.8 Å². The molecule has 0 aromatic heterocycles. The number of hydrogen-bond donors (Lipinski definition) is 6. The third kappa shape index (κ3) is 3.49. The van der Waals surface area contributed by atoms with Crippen LogP contribution in [0.15, 0.2) is 29.0 Å². The van der Waals surface area contributed by atoms with Crippen molar-refractivity contribution in [3.8, 4) is 5.75 Å². The lowest BCUT2D eigenvalue weighted by molar-refractivity contribution is -0.147. The Labute approximate surface area is 205 Å². The Kier molecular flexibility index (Phi) is 5.64. The van der Waals surface area contributed by atoms with Gasteiger partial charge in [0, 0.05) is 17.9 Å². The van der Waals surface area contributed by atoms with E-state index in [2.05, 4.69) is 5.32 Å². The van der Waals surface area contributed by atoms with Gasteiger partial charge in [-0.05, 0) is 56.3 Å². The number of Topliss-reactive ketones (excluding diaryl/α,β-unsaturated/α-hetero) is 2. The highest BCUT2D eigenvalue weighted by Gasteiger charge is 2.60. The maximum Gasteiger partial charge on any atom is 0.255 e. The van der Waals surface area contributed by atoms with Crippen LogP contribution in [-0.4, -0.2) is 73.9 Å². The molecule has 190 valence electrons. The van der Waals surface area contributed by atoms with Gasteiger partial charge < -0.3 is 31.5 Å². The Balaban J connectivity index is 1.52. The minimum atomic E-state index is -2.60. The lowest BCUT2D eigenvalue weighted by Crippen LogP contribution is -2.58. The first-order valence-electron chi connectivity index (χ1n) is 11.9. The number of primary amides is 1. The molecular weight excluding hydrogens is 470 g/mol. The number of carbonyl (C=O) groups excluding carboxylic acids is 4. The van der Waals surface area contributed by atoms with E-state index in [1.807, 2.05) is 4.90 Å². The topological polar surface area (TPSA) is 190 Å². The fraction of sp³-hybridized carbons (Fsp3) is 0.440. The SMILES string of the molecule is NC(=O)C1=C(O)C2(O)C(=O)C3=C(O)c4c(ccc(NC(=O)CN5CCCC5)c4O)CC3CC2CC1=O. The van der Waals surface area contributed by atoms with E-state index in [-0.39, 0.29) is 48.5 Å². The van der Waals surface area contributed by atoms with Crippen molar-refractivity contribution in [2.75, 3.05) is 25.0 Å². The zero-order valence-electron chi connectivity index (χ0n) is 19.4. The van der Waals surface area contributed by atoms with Crippen molar-refractivity contribution >= 4 is 34.8 Å². The lowest BCUT2D eigenvalue weighted by Gasteiger charge is -2.46. The molecule has 11 heteroatoms. The maximum absolute atomic E-state index is 13.5. The Morgan fingerprint density at radius 3 is 2.47 bits per heavy atom. The molecule has 0 spiro atoms. The number of nitrogens with two attached hydrogens (primary N) is 1. The molecule has 2 amide bonds. The number of rotatable bonds is 4. The van der Waals surface area contributed by atoms with Gasteiger partial charge in [-0.15, -0.1) is 0 Å². The van der Waals surface area contributed by atoms with Gasteiger partial charge in [-0.2, -0.15) is 0 Å². The molecule has 1 saturated heterocycles. The number of fused-ring (bicyclic) bond motifs is 3. The summed E-state index contributed by atoms with van der Waals surface area (Å²) >= 11 is 0. The van der Waals surface area contributed by atoms with E-state index in [9.17, 15) is 39.6 Å². The molecule has 2 fully saturated rings. The molecule has 3 unspecified atom stereocenters. The third-order valence-electron chi connectivity index (χ3n) is 7.78. The highest BCUT2D eigenvalue weighted by atomic mass is 16.3. The molecule has 3 aliphatic carbocycles. The number of ketones is 2. The summed E-state index contributed by atoms with van der Waals surface area (Å²) < 4.78 is 0. The summed E-state index contributed by atoms with van der Waals surface area (Å²) in [7, 11) is 0. The summed E-state index contributed by atoms with van der Waals surface area (Å²) in [4.78, 5) is 52.1. The number of aliphatic hydroxyl groups excluding tert-OH is 2. The molecule has 1 saturated carbocycles. The number of aromatic hydroxyl groups is 1. The molecule has 0 radical (unpaired) electrons. The Bertz CT molecular complexity index is 1280. The molecule has 36 heavy (non-hydrogen) atoms. The number of nitrogens with one attached hydrogen (secondary N) is 1. The van der Waals surface area contributed by atoms with Gasteiger partial charge in [0.05, 0.1) is 17.8 Å². The largest absolute Gasteiger partial charge is 0.508 e. The van der Waals surface area contributed by atoms with Gasteiger partial charge in [-0.3, -0.25) is 24.1 Å². The summed E-state index contributed by atoms with van der Waals surface area (Å²) in [5.74, 6) is -7.15. The second kappa shape index (κ2) is 8.45. The Morgan fingerprint density at radius 2 is 1.81 bits per heavy atom. The molecule has 0 bridgehead atoms. The Morgan fingerprint density at radius 1 is 1.11 bits per heavy atom. The smallest absolute Gasteiger partial charge is 0.255 e. The number of benzene rings is 1. The standard InChI is InChI=1S/C25H27N3O8/c26-24(35)19-15(29)9-13-8-12-7-11-3-4-14(27-16(30)10-28-5-1-2-6-28)20(31)17(11)21(32)18(12)22(33)25(13,36)23(19)34/h3-4,12-13,31-32,34,36H,1-2,5-10H2,(H2,26,35)(H,27,30). The average Bonchev–Trinajstić information content (AvgIpc) is 3.30. The zero-order valence-corrected chi connectivity index (χ0v) is 19.4. The first-order valence-corrected chi connectivity index (χ1v) is 11.9. The quantitative estimate of drug-likeness (QED) is 0.253. The minimum absolute atomic E-state index is 0.0545. The van der Waals surface area contributed by atoms with Crippen molar-refractivity contribution < 1.29 is 39.6 Å². The van der Waals surface area contributed by atoms with E-state index in [0.29, 0.717) is 5.56 Å². The first kappa shape index (κ1) is 24.0. The molecule has 1 aromatic carbocycles. The number of phenols is 1. The summed E-state index contributed by atoms with van der Waals surface area (Å²) in [5.41, 5.74) is 2.06. The lowest BCUT2D eigenvalue weighted by atomic mass is 9.59. The second-order valence-electron chi connectivity index (χ2n) is 9.93. The van der Waals surface area contributed by atoms with Gasteiger partial charge in [0.25, 0.3) is 5.91 Å². The molecule has 1 aromatic rings. The molecule has 1 aliphatic heterocycles. The van der Waals surface area contributed by atoms with Crippen LogP contribution >= 0.6 is 0 Å². The summed E-state index contributed by atoms with van der Waals surface area (Å²) in [6.07, 6.45) is 1.94. The highest BCUT2D eigenvalue weighted by Crippen LogP contribution is 2.52. The number of anilines is 1. The number of hydrogen-bond acceptors (Lipinski definition) is 9. The van der Waals surface area contributed by atoms with Gasteiger partial charge >= 0.3 is 0 Å². The van der Waals surface area contributed by atoms with Gasteiger partial charge in [0.15, 0.2) is 11.4 Å². The van der Waals surface area contributed by atoms with Crippen LogP contribution in [0.2, 0.25) is 0 Å². The van der Waals surface area contributed by atoms with Crippen LogP contribution in [0, 0.1) is 11.8 Å². The number of amides is 2. The fourth-order valence-electron chi connectivity index (χ4n) is 6.03. The van der Waals surface area contributed by atoms with Crippen LogP contribution in [0.5, 0.6) is 5.75 Å². The minimum Gasteiger partial charge on any atom is -0.508 e. The molecule has 7 N–H and O–H groups in total. The predicted molar refractivity (Wildman–Crippen MR) is 126 cm³/mol. The summed E-state index contributed by atoms with van der Waals surface area (Å²) in [5, 5.41) is 46.6. The van der Waals surface area contributed by atoms with E-state index in [1.165, 1.54) is 6.07 Å². The van der Waals surface area contributed by atoms with Gasteiger partial charge in [0.2, 0.25) is 11.7 Å². The number of nitrogens with zero attached hydrogens (tertiary/aromatic N) is 1. The number of aliphatic hydroxyl groups is 3. The van der Waals surface area contributed by atoms with Crippen molar-refractivity contribution in [2.45, 2.75) is 37.7 Å².